The molecule has 0 aliphatic carbocycles. The van der Waals surface area contributed by atoms with E-state index in [1.165, 1.54) is 21.9 Å². The highest BCUT2D eigenvalue weighted by atomic mass is 32.1. The zero-order valence-electron chi connectivity index (χ0n) is 14.6. The zero-order chi connectivity index (χ0) is 17.6. The SMILES string of the molecule is Cc1cccc(C)c1NC(=S)NCCNc1cccc2ccccc12. The van der Waals surface area contributed by atoms with E-state index in [0.29, 0.717) is 5.11 Å². The van der Waals surface area contributed by atoms with Crippen molar-refractivity contribution < 1.29 is 0 Å². The number of hydrogen-bond donors (Lipinski definition) is 3. The predicted molar refractivity (Wildman–Crippen MR) is 113 cm³/mol. The molecule has 0 unspecified atom stereocenters. The molecule has 0 heterocycles. The van der Waals surface area contributed by atoms with Crippen LogP contribution >= 0.6 is 12.2 Å². The Morgan fingerprint density at radius 2 is 1.52 bits per heavy atom. The van der Waals surface area contributed by atoms with Gasteiger partial charge in [0.2, 0.25) is 0 Å². The maximum Gasteiger partial charge on any atom is 0.170 e. The Bertz CT molecular complexity index is 864. The first-order valence-electron chi connectivity index (χ1n) is 8.48. The molecule has 128 valence electrons. The molecule has 0 amide bonds. The van der Waals surface area contributed by atoms with Crippen molar-refractivity contribution in [2.45, 2.75) is 13.8 Å². The summed E-state index contributed by atoms with van der Waals surface area (Å²) in [6, 6.07) is 20.9. The predicted octanol–water partition coefficient (Wildman–Crippen LogP) is 4.86. The van der Waals surface area contributed by atoms with Crippen LogP contribution in [0, 0.1) is 13.8 Å². The minimum Gasteiger partial charge on any atom is -0.383 e. The third kappa shape index (κ3) is 4.28. The molecule has 0 bridgehead atoms. The molecule has 0 saturated carbocycles. The fraction of sp³-hybridized carbons (Fsp3) is 0.190. The smallest absolute Gasteiger partial charge is 0.170 e. The highest BCUT2D eigenvalue weighted by molar-refractivity contribution is 7.80. The number of rotatable bonds is 5. The van der Waals surface area contributed by atoms with E-state index >= 15 is 0 Å². The summed E-state index contributed by atoms with van der Waals surface area (Å²) in [7, 11) is 0. The van der Waals surface area contributed by atoms with Crippen LogP contribution in [0.5, 0.6) is 0 Å². The van der Waals surface area contributed by atoms with Gasteiger partial charge in [-0.1, -0.05) is 54.6 Å². The molecule has 3 aromatic carbocycles. The van der Waals surface area contributed by atoms with E-state index in [1.54, 1.807) is 0 Å². The third-order valence-corrected chi connectivity index (χ3v) is 4.48. The number of aryl methyl sites for hydroxylation is 2. The van der Waals surface area contributed by atoms with Crippen LogP contribution < -0.4 is 16.0 Å². The lowest BCUT2D eigenvalue weighted by Gasteiger charge is -2.15. The van der Waals surface area contributed by atoms with Crippen LogP contribution in [0.2, 0.25) is 0 Å². The minimum atomic E-state index is 0.650. The van der Waals surface area contributed by atoms with Crippen LogP contribution in [0.1, 0.15) is 11.1 Å². The Hall–Kier alpha value is -2.59. The molecule has 0 spiro atoms. The van der Waals surface area contributed by atoms with Gasteiger partial charge in [-0.05, 0) is 48.6 Å². The molecule has 0 radical (unpaired) electrons. The average Bonchev–Trinajstić information content (AvgIpc) is 2.62. The van der Waals surface area contributed by atoms with Gasteiger partial charge in [0.15, 0.2) is 5.11 Å². The third-order valence-electron chi connectivity index (χ3n) is 4.24. The lowest BCUT2D eigenvalue weighted by molar-refractivity contribution is 0.916. The number of hydrogen-bond acceptors (Lipinski definition) is 2. The molecule has 0 saturated heterocycles. The summed E-state index contributed by atoms with van der Waals surface area (Å²) in [6.45, 7) is 5.71. The Labute approximate surface area is 154 Å². The van der Waals surface area contributed by atoms with Crippen LogP contribution in [0.4, 0.5) is 11.4 Å². The van der Waals surface area contributed by atoms with Crippen LogP contribution in [0.15, 0.2) is 60.7 Å². The molecule has 0 aromatic heterocycles. The quantitative estimate of drug-likeness (QED) is 0.454. The molecule has 25 heavy (non-hydrogen) atoms. The van der Waals surface area contributed by atoms with Crippen molar-refractivity contribution in [1.82, 2.24) is 5.32 Å². The van der Waals surface area contributed by atoms with Gasteiger partial charge < -0.3 is 16.0 Å². The maximum atomic E-state index is 5.41. The van der Waals surface area contributed by atoms with Gasteiger partial charge in [0, 0.05) is 29.9 Å². The lowest BCUT2D eigenvalue weighted by Crippen LogP contribution is -2.32. The number of benzene rings is 3. The summed E-state index contributed by atoms with van der Waals surface area (Å²) in [5.41, 5.74) is 4.62. The van der Waals surface area contributed by atoms with Crippen molar-refractivity contribution in [3.8, 4) is 0 Å². The Kier molecular flexibility index (Phi) is 5.51. The highest BCUT2D eigenvalue weighted by Gasteiger charge is 2.04. The first-order chi connectivity index (χ1) is 12.1. The topological polar surface area (TPSA) is 36.1 Å². The van der Waals surface area contributed by atoms with Crippen molar-refractivity contribution in [3.05, 3.63) is 71.8 Å². The average molecular weight is 350 g/mol. The standard InChI is InChI=1S/C21H23N3S/c1-15-7-5-8-16(2)20(15)24-21(25)23-14-13-22-19-12-6-10-17-9-3-4-11-18(17)19/h3-12,22H,13-14H2,1-2H3,(H2,23,24,25). The number of nitrogens with one attached hydrogen (secondary N) is 3. The minimum absolute atomic E-state index is 0.650. The fourth-order valence-corrected chi connectivity index (χ4v) is 3.13. The molecular formula is C21H23N3S. The van der Waals surface area contributed by atoms with Gasteiger partial charge in [0.05, 0.1) is 0 Å². The first kappa shape index (κ1) is 17.2. The van der Waals surface area contributed by atoms with Gasteiger partial charge >= 0.3 is 0 Å². The number of fused-ring (bicyclic) bond motifs is 1. The van der Waals surface area contributed by atoms with E-state index in [1.807, 2.05) is 0 Å². The molecule has 4 heteroatoms. The van der Waals surface area contributed by atoms with Gasteiger partial charge in [-0.2, -0.15) is 0 Å². The Balaban J connectivity index is 1.52. The zero-order valence-corrected chi connectivity index (χ0v) is 15.4. The number of para-hydroxylation sites is 1. The van der Waals surface area contributed by atoms with Gasteiger partial charge in [-0.3, -0.25) is 0 Å². The van der Waals surface area contributed by atoms with Gasteiger partial charge in [-0.25, -0.2) is 0 Å². The van der Waals surface area contributed by atoms with Crippen LogP contribution in [0.3, 0.4) is 0 Å². The molecule has 3 rings (SSSR count). The summed E-state index contributed by atoms with van der Waals surface area (Å²) >= 11 is 5.41. The molecule has 3 aromatic rings. The van der Waals surface area contributed by atoms with Crippen molar-refractivity contribution in [2.24, 2.45) is 0 Å². The number of thiocarbonyl (C=S) groups is 1. The van der Waals surface area contributed by atoms with Crippen molar-refractivity contribution in [3.63, 3.8) is 0 Å². The van der Waals surface area contributed by atoms with Gasteiger partial charge in [-0.15, -0.1) is 0 Å². The molecule has 0 aliphatic heterocycles. The van der Waals surface area contributed by atoms with Crippen molar-refractivity contribution in [1.29, 1.82) is 0 Å². The van der Waals surface area contributed by atoms with E-state index in [4.69, 9.17) is 12.2 Å². The molecule has 0 atom stereocenters. The van der Waals surface area contributed by atoms with Gasteiger partial charge in [0.1, 0.15) is 0 Å². The van der Waals surface area contributed by atoms with Crippen molar-refractivity contribution in [2.75, 3.05) is 23.7 Å². The monoisotopic (exact) mass is 349 g/mol. The molecule has 0 aliphatic rings. The van der Waals surface area contributed by atoms with E-state index in [2.05, 4.69) is 90.5 Å². The lowest BCUT2D eigenvalue weighted by atomic mass is 10.1. The van der Waals surface area contributed by atoms with E-state index in [-0.39, 0.29) is 0 Å². The second-order valence-electron chi connectivity index (χ2n) is 6.10. The molecule has 3 N–H and O–H groups in total. The molecule has 3 nitrogen and oxygen atoms in total. The summed E-state index contributed by atoms with van der Waals surface area (Å²) < 4.78 is 0. The largest absolute Gasteiger partial charge is 0.383 e. The van der Waals surface area contributed by atoms with E-state index < -0.39 is 0 Å². The number of anilines is 2. The van der Waals surface area contributed by atoms with Crippen LogP contribution in [-0.4, -0.2) is 18.2 Å². The fourth-order valence-electron chi connectivity index (χ4n) is 2.92. The second kappa shape index (κ2) is 7.99. The molecular weight excluding hydrogens is 326 g/mol. The Morgan fingerprint density at radius 1 is 0.840 bits per heavy atom. The summed E-state index contributed by atoms with van der Waals surface area (Å²) in [5.74, 6) is 0. The summed E-state index contributed by atoms with van der Waals surface area (Å²) in [4.78, 5) is 0. The highest BCUT2D eigenvalue weighted by Crippen LogP contribution is 2.22. The van der Waals surface area contributed by atoms with Crippen LogP contribution in [-0.2, 0) is 0 Å². The summed E-state index contributed by atoms with van der Waals surface area (Å²) in [5, 5.41) is 13.2. The van der Waals surface area contributed by atoms with Crippen LogP contribution in [0.25, 0.3) is 10.8 Å². The first-order valence-corrected chi connectivity index (χ1v) is 8.88. The maximum absolute atomic E-state index is 5.41. The molecule has 0 fully saturated rings. The van der Waals surface area contributed by atoms with E-state index in [0.717, 1.165) is 24.5 Å². The normalized spacial score (nSPS) is 10.5. The van der Waals surface area contributed by atoms with Gasteiger partial charge in [0.25, 0.3) is 0 Å². The van der Waals surface area contributed by atoms with E-state index in [9.17, 15) is 0 Å². The summed E-state index contributed by atoms with van der Waals surface area (Å²) in [6.07, 6.45) is 0. The second-order valence-corrected chi connectivity index (χ2v) is 6.51. The van der Waals surface area contributed by atoms with Crippen molar-refractivity contribution >= 4 is 39.5 Å². The Morgan fingerprint density at radius 3 is 2.32 bits per heavy atom.